The summed E-state index contributed by atoms with van der Waals surface area (Å²) in [6, 6.07) is 9.85. The van der Waals surface area contributed by atoms with E-state index in [1.165, 1.54) is 0 Å². The van der Waals surface area contributed by atoms with Gasteiger partial charge in [0.25, 0.3) is 0 Å². The van der Waals surface area contributed by atoms with Gasteiger partial charge < -0.3 is 4.90 Å². The van der Waals surface area contributed by atoms with Crippen LogP contribution >= 0.6 is 0 Å². The Kier molecular flexibility index (Phi) is 2.01. The highest BCUT2D eigenvalue weighted by molar-refractivity contribution is 5.53. The molecule has 1 heterocycles. The summed E-state index contributed by atoms with van der Waals surface area (Å²) in [6.07, 6.45) is 4.28. The van der Waals surface area contributed by atoms with Crippen molar-refractivity contribution in [3.8, 4) is 6.07 Å². The van der Waals surface area contributed by atoms with E-state index in [2.05, 4.69) is 23.1 Å². The summed E-state index contributed by atoms with van der Waals surface area (Å²) < 4.78 is 0. The predicted molar refractivity (Wildman–Crippen MR) is 52.5 cm³/mol. The van der Waals surface area contributed by atoms with E-state index < -0.39 is 0 Å². The second kappa shape index (κ2) is 3.32. The third-order valence-electron chi connectivity index (χ3n) is 2.16. The molecule has 1 aromatic carbocycles. The zero-order valence-corrected chi connectivity index (χ0v) is 7.27. The quantitative estimate of drug-likeness (QED) is 0.602. The third kappa shape index (κ3) is 1.54. The summed E-state index contributed by atoms with van der Waals surface area (Å²) in [4.78, 5) is 2.22. The van der Waals surface area contributed by atoms with E-state index in [0.717, 1.165) is 24.3 Å². The predicted octanol–water partition coefficient (Wildman–Crippen LogP) is 1.93. The summed E-state index contributed by atoms with van der Waals surface area (Å²) in [7, 11) is 0. The maximum absolute atomic E-state index is 8.72. The van der Waals surface area contributed by atoms with Gasteiger partial charge in [0.1, 0.15) is 0 Å². The molecule has 0 fully saturated rings. The molecule has 1 aromatic rings. The van der Waals surface area contributed by atoms with E-state index in [0.29, 0.717) is 0 Å². The summed E-state index contributed by atoms with van der Waals surface area (Å²) in [5.41, 5.74) is 1.86. The van der Waals surface area contributed by atoms with Crippen LogP contribution in [0.2, 0.25) is 0 Å². The normalized spacial score (nSPS) is 14.5. The summed E-state index contributed by atoms with van der Waals surface area (Å²) in [6.45, 7) is 1.91. The van der Waals surface area contributed by atoms with E-state index in [1.807, 2.05) is 24.3 Å². The highest BCUT2D eigenvalue weighted by atomic mass is 15.1. The number of nitrogens with zero attached hydrogens (tertiary/aromatic N) is 2. The van der Waals surface area contributed by atoms with Gasteiger partial charge in [-0.2, -0.15) is 5.26 Å². The van der Waals surface area contributed by atoms with Crippen LogP contribution in [0.1, 0.15) is 5.56 Å². The lowest BCUT2D eigenvalue weighted by molar-refractivity contribution is 1.01. The SMILES string of the molecule is N#Cc1cccc(N2CC=CC2)c1. The Bertz CT molecular complexity index is 366. The van der Waals surface area contributed by atoms with Crippen LogP contribution in [-0.4, -0.2) is 13.1 Å². The molecule has 0 amide bonds. The van der Waals surface area contributed by atoms with Crippen LogP contribution in [0.3, 0.4) is 0 Å². The fourth-order valence-corrected chi connectivity index (χ4v) is 1.46. The minimum Gasteiger partial charge on any atom is -0.364 e. The van der Waals surface area contributed by atoms with Crippen LogP contribution in [0.15, 0.2) is 36.4 Å². The molecule has 0 spiro atoms. The zero-order valence-electron chi connectivity index (χ0n) is 7.27. The molecule has 0 radical (unpaired) electrons. The van der Waals surface area contributed by atoms with Crippen molar-refractivity contribution >= 4 is 5.69 Å². The third-order valence-corrected chi connectivity index (χ3v) is 2.16. The molecule has 2 nitrogen and oxygen atoms in total. The number of hydrogen-bond donors (Lipinski definition) is 0. The van der Waals surface area contributed by atoms with Gasteiger partial charge in [-0.15, -0.1) is 0 Å². The Morgan fingerprint density at radius 1 is 1.23 bits per heavy atom. The molecule has 0 saturated heterocycles. The Morgan fingerprint density at radius 2 is 2.00 bits per heavy atom. The first kappa shape index (κ1) is 7.88. The Hall–Kier alpha value is -1.75. The van der Waals surface area contributed by atoms with Gasteiger partial charge in [0.15, 0.2) is 0 Å². The summed E-state index contributed by atoms with van der Waals surface area (Å²) in [5.74, 6) is 0. The van der Waals surface area contributed by atoms with Crippen LogP contribution in [0.4, 0.5) is 5.69 Å². The number of benzene rings is 1. The van der Waals surface area contributed by atoms with Crippen LogP contribution < -0.4 is 4.90 Å². The molecular formula is C11H10N2. The largest absolute Gasteiger partial charge is 0.364 e. The minimum absolute atomic E-state index is 0.726. The first-order chi connectivity index (χ1) is 6.40. The van der Waals surface area contributed by atoms with Gasteiger partial charge in [0.05, 0.1) is 11.6 Å². The standard InChI is InChI=1S/C11H10N2/c12-9-10-4-3-5-11(8-10)13-6-1-2-7-13/h1-5,8H,6-7H2. The van der Waals surface area contributed by atoms with Crippen molar-refractivity contribution in [2.24, 2.45) is 0 Å². The second-order valence-electron chi connectivity index (χ2n) is 3.04. The molecule has 0 saturated carbocycles. The van der Waals surface area contributed by atoms with E-state index >= 15 is 0 Å². The van der Waals surface area contributed by atoms with Gasteiger partial charge in [-0.05, 0) is 18.2 Å². The van der Waals surface area contributed by atoms with Crippen molar-refractivity contribution in [3.05, 3.63) is 42.0 Å². The Labute approximate surface area is 77.7 Å². The average molecular weight is 170 g/mol. The molecule has 0 N–H and O–H groups in total. The van der Waals surface area contributed by atoms with E-state index in [-0.39, 0.29) is 0 Å². The van der Waals surface area contributed by atoms with Crippen LogP contribution in [0.25, 0.3) is 0 Å². The second-order valence-corrected chi connectivity index (χ2v) is 3.04. The Morgan fingerprint density at radius 3 is 2.69 bits per heavy atom. The van der Waals surface area contributed by atoms with Crippen LogP contribution in [0.5, 0.6) is 0 Å². The van der Waals surface area contributed by atoms with Crippen molar-refractivity contribution < 1.29 is 0 Å². The number of rotatable bonds is 1. The highest BCUT2D eigenvalue weighted by Gasteiger charge is 2.06. The Balaban J connectivity index is 2.26. The number of hydrogen-bond acceptors (Lipinski definition) is 2. The van der Waals surface area contributed by atoms with Gasteiger partial charge in [-0.1, -0.05) is 18.2 Å². The molecule has 1 aliphatic heterocycles. The summed E-state index contributed by atoms with van der Waals surface area (Å²) >= 11 is 0. The lowest BCUT2D eigenvalue weighted by atomic mass is 10.2. The van der Waals surface area contributed by atoms with E-state index in [4.69, 9.17) is 5.26 Å². The van der Waals surface area contributed by atoms with Gasteiger partial charge in [-0.3, -0.25) is 0 Å². The lowest BCUT2D eigenvalue weighted by Gasteiger charge is -2.17. The fraction of sp³-hybridized carbons (Fsp3) is 0.182. The number of nitriles is 1. The first-order valence-corrected chi connectivity index (χ1v) is 4.30. The molecule has 0 atom stereocenters. The fourth-order valence-electron chi connectivity index (χ4n) is 1.46. The van der Waals surface area contributed by atoms with Crippen molar-refractivity contribution in [3.63, 3.8) is 0 Å². The number of anilines is 1. The molecule has 13 heavy (non-hydrogen) atoms. The molecule has 0 unspecified atom stereocenters. The van der Waals surface area contributed by atoms with Crippen molar-refractivity contribution in [2.75, 3.05) is 18.0 Å². The van der Waals surface area contributed by atoms with E-state index in [1.54, 1.807) is 0 Å². The molecule has 0 aliphatic carbocycles. The molecule has 64 valence electrons. The maximum atomic E-state index is 8.72. The van der Waals surface area contributed by atoms with Gasteiger partial charge in [0.2, 0.25) is 0 Å². The average Bonchev–Trinajstić information content (AvgIpc) is 2.71. The molecule has 0 aromatic heterocycles. The highest BCUT2D eigenvalue weighted by Crippen LogP contribution is 2.17. The molecular weight excluding hydrogens is 160 g/mol. The molecule has 1 aliphatic rings. The lowest BCUT2D eigenvalue weighted by Crippen LogP contribution is -2.18. The molecule has 0 bridgehead atoms. The smallest absolute Gasteiger partial charge is 0.0992 e. The zero-order chi connectivity index (χ0) is 9.10. The maximum Gasteiger partial charge on any atom is 0.0992 e. The molecule has 2 heteroatoms. The monoisotopic (exact) mass is 170 g/mol. The van der Waals surface area contributed by atoms with Gasteiger partial charge in [0, 0.05) is 18.8 Å². The van der Waals surface area contributed by atoms with Crippen LogP contribution in [-0.2, 0) is 0 Å². The summed E-state index contributed by atoms with van der Waals surface area (Å²) in [5, 5.41) is 8.72. The first-order valence-electron chi connectivity index (χ1n) is 4.30. The topological polar surface area (TPSA) is 27.0 Å². The van der Waals surface area contributed by atoms with Crippen molar-refractivity contribution in [2.45, 2.75) is 0 Å². The molecule has 2 rings (SSSR count). The van der Waals surface area contributed by atoms with Crippen molar-refractivity contribution in [1.29, 1.82) is 5.26 Å². The van der Waals surface area contributed by atoms with E-state index in [9.17, 15) is 0 Å². The van der Waals surface area contributed by atoms with Crippen molar-refractivity contribution in [1.82, 2.24) is 0 Å². The van der Waals surface area contributed by atoms with Gasteiger partial charge in [-0.25, -0.2) is 0 Å². The van der Waals surface area contributed by atoms with Crippen LogP contribution in [0, 0.1) is 11.3 Å². The minimum atomic E-state index is 0.726. The van der Waals surface area contributed by atoms with Gasteiger partial charge >= 0.3 is 0 Å².